The fraction of sp³-hybridized carbons (Fsp3) is 0.938. The SMILES string of the molecule is CC(O)C1CCN(CC(=O)N(C2CCCC2)C2CC2)C1. The van der Waals surface area contributed by atoms with Gasteiger partial charge in [-0.2, -0.15) is 0 Å². The lowest BCUT2D eigenvalue weighted by molar-refractivity contribution is -0.135. The summed E-state index contributed by atoms with van der Waals surface area (Å²) >= 11 is 0. The highest BCUT2D eigenvalue weighted by molar-refractivity contribution is 5.79. The smallest absolute Gasteiger partial charge is 0.237 e. The van der Waals surface area contributed by atoms with Crippen LogP contribution in [0.4, 0.5) is 0 Å². The van der Waals surface area contributed by atoms with Crippen molar-refractivity contribution < 1.29 is 9.90 Å². The molecule has 0 radical (unpaired) electrons. The van der Waals surface area contributed by atoms with Crippen LogP contribution < -0.4 is 0 Å². The standard InChI is InChI=1S/C16H28N2O2/c1-12(19)13-8-9-17(10-13)11-16(20)18(15-6-7-15)14-4-2-3-5-14/h12-15,19H,2-11H2,1H3. The molecule has 1 heterocycles. The molecule has 0 bridgehead atoms. The normalized spacial score (nSPS) is 29.8. The van der Waals surface area contributed by atoms with Gasteiger partial charge in [-0.05, 0) is 51.5 Å². The van der Waals surface area contributed by atoms with Crippen LogP contribution in [-0.4, -0.2) is 58.6 Å². The number of nitrogens with zero attached hydrogens (tertiary/aromatic N) is 2. The molecule has 1 amide bonds. The number of aliphatic hydroxyl groups excluding tert-OH is 1. The zero-order valence-corrected chi connectivity index (χ0v) is 12.6. The summed E-state index contributed by atoms with van der Waals surface area (Å²) in [4.78, 5) is 17.1. The third kappa shape index (κ3) is 3.17. The highest BCUT2D eigenvalue weighted by atomic mass is 16.3. The molecule has 1 saturated heterocycles. The Hall–Kier alpha value is -0.610. The van der Waals surface area contributed by atoms with E-state index in [2.05, 4.69) is 9.80 Å². The molecule has 2 unspecified atom stereocenters. The van der Waals surface area contributed by atoms with Gasteiger partial charge in [-0.1, -0.05) is 12.8 Å². The Bertz CT molecular complexity index is 348. The van der Waals surface area contributed by atoms with Gasteiger partial charge in [-0.15, -0.1) is 0 Å². The summed E-state index contributed by atoms with van der Waals surface area (Å²) in [7, 11) is 0. The topological polar surface area (TPSA) is 43.8 Å². The number of carbonyl (C=O) groups is 1. The van der Waals surface area contributed by atoms with Gasteiger partial charge in [0.25, 0.3) is 0 Å². The molecule has 0 aromatic carbocycles. The first-order chi connectivity index (χ1) is 9.65. The van der Waals surface area contributed by atoms with Crippen LogP contribution >= 0.6 is 0 Å². The van der Waals surface area contributed by atoms with Crippen molar-refractivity contribution in [2.24, 2.45) is 5.92 Å². The molecule has 4 nitrogen and oxygen atoms in total. The number of hydrogen-bond acceptors (Lipinski definition) is 3. The zero-order valence-electron chi connectivity index (χ0n) is 12.6. The van der Waals surface area contributed by atoms with E-state index in [4.69, 9.17) is 0 Å². The lowest BCUT2D eigenvalue weighted by Gasteiger charge is -2.31. The predicted octanol–water partition coefficient (Wildman–Crippen LogP) is 1.62. The second kappa shape index (κ2) is 6.02. The van der Waals surface area contributed by atoms with Gasteiger partial charge in [0.1, 0.15) is 0 Å². The van der Waals surface area contributed by atoms with Gasteiger partial charge in [0.2, 0.25) is 5.91 Å². The first kappa shape index (κ1) is 14.3. The quantitative estimate of drug-likeness (QED) is 0.832. The van der Waals surface area contributed by atoms with E-state index in [1.165, 1.54) is 38.5 Å². The van der Waals surface area contributed by atoms with E-state index in [0.717, 1.165) is 19.5 Å². The summed E-state index contributed by atoms with van der Waals surface area (Å²) in [5.41, 5.74) is 0. The summed E-state index contributed by atoms with van der Waals surface area (Å²) in [5, 5.41) is 9.66. The van der Waals surface area contributed by atoms with Gasteiger partial charge in [-0.25, -0.2) is 0 Å². The van der Waals surface area contributed by atoms with E-state index in [-0.39, 0.29) is 6.10 Å². The van der Waals surface area contributed by atoms with Crippen LogP contribution in [-0.2, 0) is 4.79 Å². The molecule has 4 heteroatoms. The van der Waals surface area contributed by atoms with E-state index in [0.29, 0.717) is 30.5 Å². The van der Waals surface area contributed by atoms with Crippen LogP contribution in [0.3, 0.4) is 0 Å². The maximum Gasteiger partial charge on any atom is 0.237 e. The van der Waals surface area contributed by atoms with Crippen molar-refractivity contribution in [1.29, 1.82) is 0 Å². The summed E-state index contributed by atoms with van der Waals surface area (Å²) in [6.07, 6.45) is 8.18. The van der Waals surface area contributed by atoms with Crippen LogP contribution in [0, 0.1) is 5.92 Å². The molecule has 0 aromatic rings. The van der Waals surface area contributed by atoms with Gasteiger partial charge in [-0.3, -0.25) is 9.69 Å². The van der Waals surface area contributed by atoms with Gasteiger partial charge >= 0.3 is 0 Å². The maximum atomic E-state index is 12.7. The average molecular weight is 280 g/mol. The fourth-order valence-electron chi connectivity index (χ4n) is 3.91. The molecule has 2 atom stereocenters. The highest BCUT2D eigenvalue weighted by Gasteiger charge is 2.39. The Morgan fingerprint density at radius 3 is 2.40 bits per heavy atom. The third-order valence-electron chi connectivity index (χ3n) is 5.30. The van der Waals surface area contributed by atoms with E-state index in [1.54, 1.807) is 0 Å². The number of rotatable bonds is 5. The Balaban J connectivity index is 1.54. The molecule has 1 aliphatic heterocycles. The van der Waals surface area contributed by atoms with Crippen molar-refractivity contribution >= 4 is 5.91 Å². The minimum absolute atomic E-state index is 0.246. The van der Waals surface area contributed by atoms with Gasteiger partial charge < -0.3 is 10.0 Å². The summed E-state index contributed by atoms with van der Waals surface area (Å²) in [6, 6.07) is 1.06. The molecule has 20 heavy (non-hydrogen) atoms. The number of hydrogen-bond donors (Lipinski definition) is 1. The molecule has 114 valence electrons. The second-order valence-corrected chi connectivity index (χ2v) is 6.99. The van der Waals surface area contributed by atoms with Crippen LogP contribution in [0.2, 0.25) is 0 Å². The minimum Gasteiger partial charge on any atom is -0.393 e. The molecule has 3 aliphatic rings. The fourth-order valence-corrected chi connectivity index (χ4v) is 3.91. The molecule has 0 spiro atoms. The number of aliphatic hydroxyl groups is 1. The maximum absolute atomic E-state index is 12.7. The lowest BCUT2D eigenvalue weighted by atomic mass is 10.0. The summed E-state index contributed by atoms with van der Waals surface area (Å²) in [5.74, 6) is 0.689. The number of carbonyl (C=O) groups excluding carboxylic acids is 1. The van der Waals surface area contributed by atoms with Gasteiger partial charge in [0.05, 0.1) is 12.6 Å². The number of amides is 1. The molecule has 3 rings (SSSR count). The molecule has 2 saturated carbocycles. The Morgan fingerprint density at radius 1 is 1.20 bits per heavy atom. The second-order valence-electron chi connectivity index (χ2n) is 6.99. The lowest BCUT2D eigenvalue weighted by Crippen LogP contribution is -2.45. The Labute approximate surface area is 122 Å². The third-order valence-corrected chi connectivity index (χ3v) is 5.30. The van der Waals surface area contributed by atoms with Crippen molar-refractivity contribution in [1.82, 2.24) is 9.80 Å². The van der Waals surface area contributed by atoms with E-state index in [1.807, 2.05) is 6.92 Å². The van der Waals surface area contributed by atoms with Crippen molar-refractivity contribution in [3.8, 4) is 0 Å². The summed E-state index contributed by atoms with van der Waals surface area (Å²) < 4.78 is 0. The van der Waals surface area contributed by atoms with Crippen molar-refractivity contribution in [2.45, 2.75) is 70.1 Å². The molecule has 2 aliphatic carbocycles. The van der Waals surface area contributed by atoms with E-state index in [9.17, 15) is 9.90 Å². The van der Waals surface area contributed by atoms with Gasteiger partial charge in [0, 0.05) is 18.6 Å². The van der Waals surface area contributed by atoms with Crippen molar-refractivity contribution in [3.05, 3.63) is 0 Å². The predicted molar refractivity (Wildman–Crippen MR) is 78.4 cm³/mol. The monoisotopic (exact) mass is 280 g/mol. The van der Waals surface area contributed by atoms with Crippen LogP contribution in [0.1, 0.15) is 51.9 Å². The minimum atomic E-state index is -0.246. The molecule has 0 aromatic heterocycles. The first-order valence-corrected chi connectivity index (χ1v) is 8.36. The Morgan fingerprint density at radius 2 is 1.85 bits per heavy atom. The zero-order chi connectivity index (χ0) is 14.1. The average Bonchev–Trinajstić information content (AvgIpc) is 2.91. The van der Waals surface area contributed by atoms with Crippen LogP contribution in [0.5, 0.6) is 0 Å². The van der Waals surface area contributed by atoms with Crippen LogP contribution in [0.15, 0.2) is 0 Å². The van der Waals surface area contributed by atoms with Crippen molar-refractivity contribution in [3.63, 3.8) is 0 Å². The van der Waals surface area contributed by atoms with E-state index < -0.39 is 0 Å². The number of likely N-dealkylation sites (tertiary alicyclic amines) is 1. The van der Waals surface area contributed by atoms with Crippen molar-refractivity contribution in [2.75, 3.05) is 19.6 Å². The molecule has 3 fully saturated rings. The molecular formula is C16H28N2O2. The largest absolute Gasteiger partial charge is 0.393 e. The summed E-state index contributed by atoms with van der Waals surface area (Å²) in [6.45, 7) is 4.28. The van der Waals surface area contributed by atoms with Gasteiger partial charge in [0.15, 0.2) is 0 Å². The molecule has 1 N–H and O–H groups in total. The first-order valence-electron chi connectivity index (χ1n) is 8.36. The Kier molecular flexibility index (Phi) is 4.32. The molecular weight excluding hydrogens is 252 g/mol. The highest BCUT2D eigenvalue weighted by Crippen LogP contribution is 2.34. The van der Waals surface area contributed by atoms with E-state index >= 15 is 0 Å². The van der Waals surface area contributed by atoms with Crippen LogP contribution in [0.25, 0.3) is 0 Å².